The van der Waals surface area contributed by atoms with Gasteiger partial charge in [0.25, 0.3) is 0 Å². The van der Waals surface area contributed by atoms with Gasteiger partial charge in [-0.1, -0.05) is 18.2 Å². The van der Waals surface area contributed by atoms with E-state index < -0.39 is 4.92 Å². The summed E-state index contributed by atoms with van der Waals surface area (Å²) in [5, 5.41) is 11.3. The molecule has 0 fully saturated rings. The molecule has 2 rings (SSSR count). The number of nitrogen functional groups attached to an aromatic ring is 1. The standard InChI is InChI=1S/C14H14N2O4/c1-19-11-7-3-5-9(13(11)15)10-6-4-8-12(20-2)14(10)16(17)18/h3-8H,15H2,1-2H3. The Hall–Kier alpha value is -2.76. The fourth-order valence-corrected chi connectivity index (χ4v) is 2.05. The van der Waals surface area contributed by atoms with Crippen LogP contribution in [-0.2, 0) is 0 Å². The highest BCUT2D eigenvalue weighted by molar-refractivity contribution is 5.87. The average Bonchev–Trinajstić information content (AvgIpc) is 2.46. The van der Waals surface area contributed by atoms with E-state index in [2.05, 4.69) is 0 Å². The van der Waals surface area contributed by atoms with E-state index in [1.54, 1.807) is 30.3 Å². The molecule has 0 heterocycles. The Balaban J connectivity index is 2.73. The Kier molecular flexibility index (Phi) is 3.74. The number of nitrogens with zero attached hydrogens (tertiary/aromatic N) is 1. The summed E-state index contributed by atoms with van der Waals surface area (Å²) in [6.07, 6.45) is 0. The maximum atomic E-state index is 11.3. The molecule has 0 aliphatic carbocycles. The molecule has 0 aliphatic heterocycles. The summed E-state index contributed by atoms with van der Waals surface area (Å²) in [4.78, 5) is 10.8. The molecule has 2 N–H and O–H groups in total. The predicted octanol–water partition coefficient (Wildman–Crippen LogP) is 2.86. The molecule has 0 saturated carbocycles. The van der Waals surface area contributed by atoms with Crippen LogP contribution in [0.15, 0.2) is 36.4 Å². The van der Waals surface area contributed by atoms with Gasteiger partial charge >= 0.3 is 5.69 Å². The highest BCUT2D eigenvalue weighted by atomic mass is 16.6. The van der Waals surface area contributed by atoms with Crippen LogP contribution in [-0.4, -0.2) is 19.1 Å². The van der Waals surface area contributed by atoms with Crippen LogP contribution < -0.4 is 15.2 Å². The minimum atomic E-state index is -0.479. The fraction of sp³-hybridized carbons (Fsp3) is 0.143. The number of methoxy groups -OCH3 is 2. The predicted molar refractivity (Wildman–Crippen MR) is 76.0 cm³/mol. The van der Waals surface area contributed by atoms with E-state index in [1.165, 1.54) is 20.3 Å². The van der Waals surface area contributed by atoms with E-state index in [1.807, 2.05) is 0 Å². The Morgan fingerprint density at radius 3 is 2.10 bits per heavy atom. The maximum Gasteiger partial charge on any atom is 0.318 e. The van der Waals surface area contributed by atoms with Gasteiger partial charge in [0, 0.05) is 5.56 Å². The highest BCUT2D eigenvalue weighted by Gasteiger charge is 2.23. The molecule has 0 bridgehead atoms. The van der Waals surface area contributed by atoms with Crippen LogP contribution in [0, 0.1) is 10.1 Å². The fourth-order valence-electron chi connectivity index (χ4n) is 2.05. The van der Waals surface area contributed by atoms with Crippen LogP contribution in [0.5, 0.6) is 11.5 Å². The summed E-state index contributed by atoms with van der Waals surface area (Å²) in [7, 11) is 2.89. The number of benzene rings is 2. The third-order valence-electron chi connectivity index (χ3n) is 2.98. The monoisotopic (exact) mass is 274 g/mol. The van der Waals surface area contributed by atoms with Gasteiger partial charge in [0.15, 0.2) is 5.75 Å². The molecule has 0 atom stereocenters. The largest absolute Gasteiger partial charge is 0.495 e. The first-order chi connectivity index (χ1) is 9.60. The highest BCUT2D eigenvalue weighted by Crippen LogP contribution is 2.41. The summed E-state index contributed by atoms with van der Waals surface area (Å²) in [6.45, 7) is 0. The van der Waals surface area contributed by atoms with E-state index in [9.17, 15) is 10.1 Å². The lowest BCUT2D eigenvalue weighted by Gasteiger charge is -2.11. The number of rotatable bonds is 4. The lowest BCUT2D eigenvalue weighted by Crippen LogP contribution is -1.99. The van der Waals surface area contributed by atoms with Crippen molar-refractivity contribution in [3.05, 3.63) is 46.5 Å². The summed E-state index contributed by atoms with van der Waals surface area (Å²) in [6, 6.07) is 9.99. The topological polar surface area (TPSA) is 87.6 Å². The second kappa shape index (κ2) is 5.48. The van der Waals surface area contributed by atoms with Crippen LogP contribution in [0.2, 0.25) is 0 Å². The minimum absolute atomic E-state index is 0.116. The van der Waals surface area contributed by atoms with Gasteiger partial charge in [0.1, 0.15) is 5.75 Å². The Morgan fingerprint density at radius 2 is 1.55 bits per heavy atom. The quantitative estimate of drug-likeness (QED) is 0.526. The lowest BCUT2D eigenvalue weighted by atomic mass is 10.0. The van der Waals surface area contributed by atoms with Crippen molar-refractivity contribution in [1.29, 1.82) is 0 Å². The number of hydrogen-bond acceptors (Lipinski definition) is 5. The molecule has 6 heteroatoms. The second-order valence-electron chi connectivity index (χ2n) is 4.04. The third kappa shape index (κ3) is 2.23. The second-order valence-corrected chi connectivity index (χ2v) is 4.04. The average molecular weight is 274 g/mol. The zero-order chi connectivity index (χ0) is 14.7. The zero-order valence-electron chi connectivity index (χ0n) is 11.1. The molecule has 0 aliphatic rings. The summed E-state index contributed by atoms with van der Waals surface area (Å²) < 4.78 is 10.2. The smallest absolute Gasteiger partial charge is 0.318 e. The molecule has 0 aromatic heterocycles. The van der Waals surface area contributed by atoms with Crippen molar-refractivity contribution in [1.82, 2.24) is 0 Å². The number of nitro benzene ring substituents is 1. The molecule has 0 radical (unpaired) electrons. The molecule has 2 aromatic rings. The van der Waals surface area contributed by atoms with Crippen LogP contribution in [0.3, 0.4) is 0 Å². The molecular weight excluding hydrogens is 260 g/mol. The first-order valence-corrected chi connectivity index (χ1v) is 5.84. The van der Waals surface area contributed by atoms with Gasteiger partial charge in [-0.2, -0.15) is 0 Å². The first kappa shape index (κ1) is 13.7. The van der Waals surface area contributed by atoms with E-state index >= 15 is 0 Å². The molecule has 6 nitrogen and oxygen atoms in total. The van der Waals surface area contributed by atoms with Crippen LogP contribution in [0.4, 0.5) is 11.4 Å². The van der Waals surface area contributed by atoms with Crippen LogP contribution in [0.25, 0.3) is 11.1 Å². The summed E-state index contributed by atoms with van der Waals surface area (Å²) in [5.74, 6) is 0.661. The molecule has 0 saturated heterocycles. The minimum Gasteiger partial charge on any atom is -0.495 e. The zero-order valence-corrected chi connectivity index (χ0v) is 11.1. The molecule has 0 amide bonds. The number of hydrogen-bond donors (Lipinski definition) is 1. The molecular formula is C14H14N2O4. The van der Waals surface area contributed by atoms with Crippen molar-refractivity contribution in [2.24, 2.45) is 0 Å². The Morgan fingerprint density at radius 1 is 1.00 bits per heavy atom. The molecule has 2 aromatic carbocycles. The van der Waals surface area contributed by atoms with Gasteiger partial charge in [-0.05, 0) is 18.2 Å². The normalized spacial score (nSPS) is 10.1. The van der Waals surface area contributed by atoms with E-state index in [0.29, 0.717) is 22.6 Å². The molecule has 20 heavy (non-hydrogen) atoms. The molecule has 0 unspecified atom stereocenters. The number of nitro groups is 1. The van der Waals surface area contributed by atoms with E-state index in [0.717, 1.165) is 0 Å². The van der Waals surface area contributed by atoms with Gasteiger partial charge in [0.2, 0.25) is 0 Å². The maximum absolute atomic E-state index is 11.3. The van der Waals surface area contributed by atoms with Crippen molar-refractivity contribution in [3.63, 3.8) is 0 Å². The number of anilines is 1. The number of ether oxygens (including phenoxy) is 2. The molecule has 104 valence electrons. The van der Waals surface area contributed by atoms with Crippen molar-refractivity contribution in [3.8, 4) is 22.6 Å². The number of nitrogens with two attached hydrogens (primary N) is 1. The van der Waals surface area contributed by atoms with Crippen LogP contribution in [0.1, 0.15) is 0 Å². The van der Waals surface area contributed by atoms with Crippen molar-refractivity contribution < 1.29 is 14.4 Å². The van der Waals surface area contributed by atoms with Gasteiger partial charge in [-0.15, -0.1) is 0 Å². The number of para-hydroxylation sites is 2. The molecule has 0 spiro atoms. The lowest BCUT2D eigenvalue weighted by molar-refractivity contribution is -0.385. The Labute approximate surface area is 115 Å². The first-order valence-electron chi connectivity index (χ1n) is 5.84. The SMILES string of the molecule is COc1cccc(-c2cccc(OC)c2[N+](=O)[O-])c1N. The van der Waals surface area contributed by atoms with Crippen molar-refractivity contribution >= 4 is 11.4 Å². The van der Waals surface area contributed by atoms with Crippen LogP contribution >= 0.6 is 0 Å². The van der Waals surface area contributed by atoms with Gasteiger partial charge in [-0.25, -0.2) is 0 Å². The summed E-state index contributed by atoms with van der Waals surface area (Å²) >= 11 is 0. The Bertz CT molecular complexity index is 656. The van der Waals surface area contributed by atoms with Crippen molar-refractivity contribution in [2.75, 3.05) is 20.0 Å². The van der Waals surface area contributed by atoms with Crippen molar-refractivity contribution in [2.45, 2.75) is 0 Å². The van der Waals surface area contributed by atoms with Gasteiger partial charge in [0.05, 0.1) is 30.4 Å². The third-order valence-corrected chi connectivity index (χ3v) is 2.98. The summed E-state index contributed by atoms with van der Waals surface area (Å²) in [5.41, 5.74) is 7.17. The van der Waals surface area contributed by atoms with E-state index in [4.69, 9.17) is 15.2 Å². The van der Waals surface area contributed by atoms with E-state index in [-0.39, 0.29) is 11.4 Å². The van der Waals surface area contributed by atoms with Gasteiger partial charge in [-0.3, -0.25) is 10.1 Å². The van der Waals surface area contributed by atoms with Gasteiger partial charge < -0.3 is 15.2 Å².